The van der Waals surface area contributed by atoms with E-state index in [4.69, 9.17) is 4.74 Å². The lowest BCUT2D eigenvalue weighted by atomic mass is 9.75. The smallest absolute Gasteiger partial charge is 0.307 e. The Labute approximate surface area is 172 Å². The fraction of sp³-hybridized carbons (Fsp3) is 0.609. The van der Waals surface area contributed by atoms with E-state index in [1.54, 1.807) is 24.3 Å². The SMILES string of the molecule is CC1CCCCN1C(=O)c1ccc(NC(=O)C2CC(=O)OC23CCCCC3)cc1. The Bertz CT molecular complexity index is 783. The molecule has 1 N–H and O–H groups in total. The molecule has 1 aromatic rings. The minimum absolute atomic E-state index is 0.0472. The zero-order valence-corrected chi connectivity index (χ0v) is 17.1. The van der Waals surface area contributed by atoms with Gasteiger partial charge >= 0.3 is 5.97 Å². The summed E-state index contributed by atoms with van der Waals surface area (Å²) in [6.45, 7) is 2.90. The van der Waals surface area contributed by atoms with Crippen LogP contribution in [-0.4, -0.2) is 40.9 Å². The first-order chi connectivity index (χ1) is 14.0. The van der Waals surface area contributed by atoms with Gasteiger partial charge in [0.15, 0.2) is 0 Å². The van der Waals surface area contributed by atoms with E-state index in [-0.39, 0.29) is 30.2 Å². The molecule has 2 atom stereocenters. The van der Waals surface area contributed by atoms with Crippen LogP contribution in [0, 0.1) is 5.92 Å². The number of hydrogen-bond acceptors (Lipinski definition) is 4. The summed E-state index contributed by atoms with van der Waals surface area (Å²) in [4.78, 5) is 39.6. The van der Waals surface area contributed by atoms with Crippen molar-refractivity contribution in [1.82, 2.24) is 4.90 Å². The van der Waals surface area contributed by atoms with Crippen LogP contribution in [0.2, 0.25) is 0 Å². The molecule has 0 bridgehead atoms. The highest BCUT2D eigenvalue weighted by Crippen LogP contribution is 2.44. The molecule has 3 fully saturated rings. The summed E-state index contributed by atoms with van der Waals surface area (Å²) in [5, 5.41) is 2.93. The van der Waals surface area contributed by atoms with E-state index in [1.165, 1.54) is 6.42 Å². The first kappa shape index (κ1) is 19.9. The molecule has 6 heteroatoms. The highest BCUT2D eigenvalue weighted by atomic mass is 16.6. The van der Waals surface area contributed by atoms with Crippen LogP contribution in [0.5, 0.6) is 0 Å². The third-order valence-electron chi connectivity index (χ3n) is 6.80. The van der Waals surface area contributed by atoms with Crippen molar-refractivity contribution in [1.29, 1.82) is 0 Å². The van der Waals surface area contributed by atoms with Gasteiger partial charge in [-0.1, -0.05) is 6.42 Å². The van der Waals surface area contributed by atoms with E-state index in [2.05, 4.69) is 12.2 Å². The molecule has 1 aliphatic carbocycles. The number of anilines is 1. The maximum Gasteiger partial charge on any atom is 0.307 e. The van der Waals surface area contributed by atoms with E-state index in [1.807, 2.05) is 4.90 Å². The van der Waals surface area contributed by atoms with Gasteiger partial charge < -0.3 is 15.0 Å². The molecule has 0 radical (unpaired) electrons. The molecule has 2 amide bonds. The standard InChI is InChI=1S/C23H30N2O4/c1-16-7-3-6-14-25(16)22(28)17-8-10-18(11-9-17)24-21(27)19-15-20(26)29-23(19)12-4-2-5-13-23/h8-11,16,19H,2-7,12-15H2,1H3,(H,24,27). The summed E-state index contributed by atoms with van der Waals surface area (Å²) < 4.78 is 5.64. The van der Waals surface area contributed by atoms with Gasteiger partial charge in [0, 0.05) is 23.8 Å². The summed E-state index contributed by atoms with van der Waals surface area (Å²) in [5.74, 6) is -0.832. The minimum Gasteiger partial charge on any atom is -0.458 e. The largest absolute Gasteiger partial charge is 0.458 e. The highest BCUT2D eigenvalue weighted by molar-refractivity contribution is 5.98. The number of benzene rings is 1. The van der Waals surface area contributed by atoms with E-state index in [0.29, 0.717) is 11.3 Å². The third-order valence-corrected chi connectivity index (χ3v) is 6.80. The quantitative estimate of drug-likeness (QED) is 0.784. The normalized spacial score (nSPS) is 26.2. The van der Waals surface area contributed by atoms with Crippen molar-refractivity contribution in [3.8, 4) is 0 Å². The van der Waals surface area contributed by atoms with E-state index in [9.17, 15) is 14.4 Å². The maximum atomic E-state index is 12.9. The Hall–Kier alpha value is -2.37. The molecule has 2 saturated heterocycles. The molecular formula is C23H30N2O4. The van der Waals surface area contributed by atoms with Crippen LogP contribution in [0.15, 0.2) is 24.3 Å². The minimum atomic E-state index is -0.625. The van der Waals surface area contributed by atoms with Crippen LogP contribution in [0.4, 0.5) is 5.69 Å². The van der Waals surface area contributed by atoms with Gasteiger partial charge in [-0.2, -0.15) is 0 Å². The van der Waals surface area contributed by atoms with Gasteiger partial charge in [0.05, 0.1) is 12.3 Å². The Balaban J connectivity index is 1.42. The van der Waals surface area contributed by atoms with E-state index in [0.717, 1.165) is 51.5 Å². The number of hydrogen-bond donors (Lipinski definition) is 1. The second-order valence-electron chi connectivity index (χ2n) is 8.77. The summed E-state index contributed by atoms with van der Waals surface area (Å²) >= 11 is 0. The molecule has 1 saturated carbocycles. The van der Waals surface area contributed by atoms with Gasteiger partial charge in [-0.25, -0.2) is 0 Å². The topological polar surface area (TPSA) is 75.7 Å². The van der Waals surface area contributed by atoms with Gasteiger partial charge in [-0.3, -0.25) is 14.4 Å². The molecule has 1 spiro atoms. The molecular weight excluding hydrogens is 368 g/mol. The molecule has 6 nitrogen and oxygen atoms in total. The average molecular weight is 399 g/mol. The number of likely N-dealkylation sites (tertiary alicyclic amines) is 1. The van der Waals surface area contributed by atoms with Gasteiger partial charge in [-0.15, -0.1) is 0 Å². The van der Waals surface area contributed by atoms with Crippen LogP contribution in [-0.2, 0) is 14.3 Å². The monoisotopic (exact) mass is 398 g/mol. The molecule has 29 heavy (non-hydrogen) atoms. The molecule has 2 aliphatic heterocycles. The first-order valence-electron chi connectivity index (χ1n) is 10.9. The average Bonchev–Trinajstić information content (AvgIpc) is 3.04. The summed E-state index contributed by atoms with van der Waals surface area (Å²) in [7, 11) is 0. The van der Waals surface area contributed by atoms with Crippen molar-refractivity contribution in [3.63, 3.8) is 0 Å². The number of carbonyl (C=O) groups excluding carboxylic acids is 3. The fourth-order valence-corrected chi connectivity index (χ4v) is 5.12. The van der Waals surface area contributed by atoms with Gasteiger partial charge in [-0.05, 0) is 76.1 Å². The lowest BCUT2D eigenvalue weighted by Crippen LogP contribution is -2.43. The molecule has 2 heterocycles. The van der Waals surface area contributed by atoms with Crippen molar-refractivity contribution in [3.05, 3.63) is 29.8 Å². The number of esters is 1. The number of ether oxygens (including phenoxy) is 1. The van der Waals surface area contributed by atoms with E-state index < -0.39 is 11.5 Å². The Morgan fingerprint density at radius 1 is 1.07 bits per heavy atom. The van der Waals surface area contributed by atoms with Crippen molar-refractivity contribution < 1.29 is 19.1 Å². The number of nitrogens with one attached hydrogen (secondary N) is 1. The van der Waals surface area contributed by atoms with Crippen molar-refractivity contribution in [2.24, 2.45) is 5.92 Å². The number of nitrogens with zero attached hydrogens (tertiary/aromatic N) is 1. The fourth-order valence-electron chi connectivity index (χ4n) is 5.12. The zero-order chi connectivity index (χ0) is 20.4. The number of piperidine rings is 1. The predicted octanol–water partition coefficient (Wildman–Crippen LogP) is 3.91. The molecule has 156 valence electrons. The van der Waals surface area contributed by atoms with Gasteiger partial charge in [0.25, 0.3) is 5.91 Å². The summed E-state index contributed by atoms with van der Waals surface area (Å²) in [6, 6.07) is 7.34. The molecule has 0 aromatic heterocycles. The summed E-state index contributed by atoms with van der Waals surface area (Å²) in [6.07, 6.45) is 8.04. The van der Waals surface area contributed by atoms with Gasteiger partial charge in [0.1, 0.15) is 5.60 Å². The Morgan fingerprint density at radius 3 is 2.48 bits per heavy atom. The van der Waals surface area contributed by atoms with Gasteiger partial charge in [0.2, 0.25) is 5.91 Å². The van der Waals surface area contributed by atoms with E-state index >= 15 is 0 Å². The van der Waals surface area contributed by atoms with Crippen LogP contribution < -0.4 is 5.32 Å². The second kappa shape index (κ2) is 8.17. The van der Waals surface area contributed by atoms with Crippen LogP contribution >= 0.6 is 0 Å². The lowest BCUT2D eigenvalue weighted by Gasteiger charge is -2.36. The number of carbonyl (C=O) groups is 3. The molecule has 1 aromatic carbocycles. The second-order valence-corrected chi connectivity index (χ2v) is 8.77. The van der Waals surface area contributed by atoms with Crippen LogP contribution in [0.1, 0.15) is 75.1 Å². The van der Waals surface area contributed by atoms with Crippen molar-refractivity contribution in [2.75, 3.05) is 11.9 Å². The Morgan fingerprint density at radius 2 is 1.79 bits per heavy atom. The third kappa shape index (κ3) is 4.02. The summed E-state index contributed by atoms with van der Waals surface area (Å²) in [5.41, 5.74) is 0.656. The Kier molecular flexibility index (Phi) is 5.61. The number of rotatable bonds is 3. The van der Waals surface area contributed by atoms with Crippen LogP contribution in [0.25, 0.3) is 0 Å². The lowest BCUT2D eigenvalue weighted by molar-refractivity contribution is -0.153. The molecule has 3 aliphatic rings. The predicted molar refractivity (Wildman–Crippen MR) is 109 cm³/mol. The maximum absolute atomic E-state index is 12.9. The highest BCUT2D eigenvalue weighted by Gasteiger charge is 2.52. The molecule has 2 unspecified atom stereocenters. The zero-order valence-electron chi connectivity index (χ0n) is 17.1. The van der Waals surface area contributed by atoms with Crippen LogP contribution in [0.3, 0.4) is 0 Å². The molecule has 4 rings (SSSR count). The van der Waals surface area contributed by atoms with Crippen molar-refractivity contribution >= 4 is 23.5 Å². The van der Waals surface area contributed by atoms with Crippen molar-refractivity contribution in [2.45, 2.75) is 76.4 Å². The number of amides is 2. The first-order valence-corrected chi connectivity index (χ1v) is 10.9.